The van der Waals surface area contributed by atoms with Gasteiger partial charge in [0.2, 0.25) is 5.91 Å². The number of carbonyl (C=O) groups excluding carboxylic acids is 1. The van der Waals surface area contributed by atoms with Crippen LogP contribution in [0.4, 0.5) is 5.82 Å². The monoisotopic (exact) mass is 497 g/mol. The molecule has 190 valence electrons. The van der Waals surface area contributed by atoms with E-state index >= 15 is 0 Å². The predicted octanol–water partition coefficient (Wildman–Crippen LogP) is 4.88. The van der Waals surface area contributed by atoms with Crippen LogP contribution in [0.25, 0.3) is 33.4 Å². The summed E-state index contributed by atoms with van der Waals surface area (Å²) in [5, 5.41) is 4.49. The highest BCUT2D eigenvalue weighted by Crippen LogP contribution is 2.40. The van der Waals surface area contributed by atoms with Gasteiger partial charge in [0.15, 0.2) is 0 Å². The Morgan fingerprint density at radius 1 is 1.05 bits per heavy atom. The molecule has 2 fully saturated rings. The molecular formula is C29H31N5O3. The summed E-state index contributed by atoms with van der Waals surface area (Å²) in [5.41, 5.74) is 4.95. The molecule has 8 nitrogen and oxygen atoms in total. The predicted molar refractivity (Wildman–Crippen MR) is 144 cm³/mol. The van der Waals surface area contributed by atoms with Crippen molar-refractivity contribution in [3.05, 3.63) is 60.9 Å². The summed E-state index contributed by atoms with van der Waals surface area (Å²) < 4.78 is 11.7. The number of nitrogens with one attached hydrogen (secondary N) is 2. The second-order valence-corrected chi connectivity index (χ2v) is 9.56. The van der Waals surface area contributed by atoms with E-state index in [4.69, 9.17) is 9.47 Å². The molecule has 1 amide bonds. The smallest absolute Gasteiger partial charge is 0.222 e. The lowest BCUT2D eigenvalue weighted by Gasteiger charge is -2.16. The van der Waals surface area contributed by atoms with E-state index in [1.54, 1.807) is 6.33 Å². The van der Waals surface area contributed by atoms with E-state index in [0.29, 0.717) is 19.6 Å². The van der Waals surface area contributed by atoms with Gasteiger partial charge in [-0.1, -0.05) is 30.3 Å². The largest absolute Gasteiger partial charge is 0.492 e. The molecule has 2 saturated heterocycles. The Kier molecular flexibility index (Phi) is 6.73. The Morgan fingerprint density at radius 2 is 1.92 bits per heavy atom. The number of aromatic amines is 1. The van der Waals surface area contributed by atoms with Crippen molar-refractivity contribution in [1.29, 1.82) is 0 Å². The highest BCUT2D eigenvalue weighted by atomic mass is 16.5. The zero-order valence-electron chi connectivity index (χ0n) is 20.8. The molecule has 4 aromatic rings. The van der Waals surface area contributed by atoms with Crippen molar-refractivity contribution in [3.63, 3.8) is 0 Å². The van der Waals surface area contributed by atoms with Crippen LogP contribution in [0.3, 0.4) is 0 Å². The molecular weight excluding hydrogens is 466 g/mol. The third kappa shape index (κ3) is 5.02. The van der Waals surface area contributed by atoms with Gasteiger partial charge in [-0.05, 0) is 54.7 Å². The fourth-order valence-electron chi connectivity index (χ4n) is 5.21. The van der Waals surface area contributed by atoms with Crippen molar-refractivity contribution in [1.82, 2.24) is 19.9 Å². The van der Waals surface area contributed by atoms with Crippen molar-refractivity contribution in [2.45, 2.75) is 31.8 Å². The highest BCUT2D eigenvalue weighted by molar-refractivity contribution is 6.07. The minimum absolute atomic E-state index is 0.208. The zero-order valence-corrected chi connectivity index (χ0v) is 20.8. The molecule has 2 aromatic carbocycles. The van der Waals surface area contributed by atoms with Crippen molar-refractivity contribution in [2.75, 3.05) is 38.2 Å². The van der Waals surface area contributed by atoms with Crippen molar-refractivity contribution in [2.24, 2.45) is 0 Å². The SMILES string of the molecule is O=C1CCCN1CCOc1ccc(-c2[nH]c3ncnc(NCC4CCCO4)c3c2-c2ccccc2)cc1. The van der Waals surface area contributed by atoms with Gasteiger partial charge in [-0.15, -0.1) is 0 Å². The fraction of sp³-hybridized carbons (Fsp3) is 0.345. The van der Waals surface area contributed by atoms with E-state index in [9.17, 15) is 4.79 Å². The van der Waals surface area contributed by atoms with E-state index < -0.39 is 0 Å². The van der Waals surface area contributed by atoms with Crippen LogP contribution >= 0.6 is 0 Å². The molecule has 6 rings (SSSR count). The Hall–Kier alpha value is -3.91. The second kappa shape index (κ2) is 10.6. The van der Waals surface area contributed by atoms with E-state index in [2.05, 4.69) is 44.5 Å². The van der Waals surface area contributed by atoms with Crippen LogP contribution in [-0.4, -0.2) is 64.7 Å². The van der Waals surface area contributed by atoms with Crippen molar-refractivity contribution in [3.8, 4) is 28.1 Å². The summed E-state index contributed by atoms with van der Waals surface area (Å²) >= 11 is 0. The summed E-state index contributed by atoms with van der Waals surface area (Å²) in [4.78, 5) is 26.4. The number of carbonyl (C=O) groups is 1. The maximum absolute atomic E-state index is 11.8. The van der Waals surface area contributed by atoms with Gasteiger partial charge in [0.05, 0.1) is 23.7 Å². The second-order valence-electron chi connectivity index (χ2n) is 9.56. The molecule has 2 N–H and O–H groups in total. The molecule has 37 heavy (non-hydrogen) atoms. The lowest BCUT2D eigenvalue weighted by molar-refractivity contribution is -0.128. The van der Waals surface area contributed by atoms with Gasteiger partial charge in [-0.25, -0.2) is 9.97 Å². The summed E-state index contributed by atoms with van der Waals surface area (Å²) in [6.07, 6.45) is 5.56. The van der Waals surface area contributed by atoms with Gasteiger partial charge in [0, 0.05) is 31.7 Å². The zero-order chi connectivity index (χ0) is 25.0. The lowest BCUT2D eigenvalue weighted by atomic mass is 9.99. The van der Waals surface area contributed by atoms with Crippen LogP contribution in [0, 0.1) is 0 Å². The number of ether oxygens (including phenoxy) is 2. The lowest BCUT2D eigenvalue weighted by Crippen LogP contribution is -2.29. The number of fused-ring (bicyclic) bond motifs is 1. The van der Waals surface area contributed by atoms with Gasteiger partial charge in [-0.2, -0.15) is 0 Å². The summed E-state index contributed by atoms with van der Waals surface area (Å²) in [6, 6.07) is 18.4. The summed E-state index contributed by atoms with van der Waals surface area (Å²) in [7, 11) is 0. The Balaban J connectivity index is 1.29. The maximum Gasteiger partial charge on any atom is 0.222 e. The van der Waals surface area contributed by atoms with Crippen LogP contribution in [0.2, 0.25) is 0 Å². The number of hydrogen-bond donors (Lipinski definition) is 2. The number of benzene rings is 2. The van der Waals surface area contributed by atoms with Crippen LogP contribution in [0.5, 0.6) is 5.75 Å². The third-order valence-corrected chi connectivity index (χ3v) is 7.12. The number of H-pyrrole nitrogens is 1. The van der Waals surface area contributed by atoms with Crippen LogP contribution in [-0.2, 0) is 9.53 Å². The number of likely N-dealkylation sites (tertiary alicyclic amines) is 1. The number of rotatable bonds is 9. The summed E-state index contributed by atoms with van der Waals surface area (Å²) in [6.45, 7) is 3.49. The number of aromatic nitrogens is 3. The maximum atomic E-state index is 11.8. The fourth-order valence-corrected chi connectivity index (χ4v) is 5.21. The molecule has 1 unspecified atom stereocenters. The van der Waals surface area contributed by atoms with E-state index in [-0.39, 0.29) is 12.0 Å². The van der Waals surface area contributed by atoms with E-state index in [0.717, 1.165) is 83.9 Å². The first kappa shape index (κ1) is 23.5. The van der Waals surface area contributed by atoms with Gasteiger partial charge in [-0.3, -0.25) is 4.79 Å². The highest BCUT2D eigenvalue weighted by Gasteiger charge is 2.22. The standard InChI is InChI=1S/C29H31N5O3/c35-24-9-4-14-34(24)15-17-37-22-12-10-21(11-13-22)27-25(20-6-2-1-3-7-20)26-28(31-19-32-29(26)33-27)30-18-23-8-5-16-36-23/h1-3,6-7,10-13,19,23H,4-5,8-9,14-18H2,(H2,30,31,32,33). The molecule has 1 atom stereocenters. The minimum Gasteiger partial charge on any atom is -0.492 e. The minimum atomic E-state index is 0.208. The van der Waals surface area contributed by atoms with Crippen LogP contribution < -0.4 is 10.1 Å². The first-order valence-electron chi connectivity index (χ1n) is 13.0. The molecule has 2 aromatic heterocycles. The normalized spacial score (nSPS) is 17.6. The molecule has 2 aliphatic heterocycles. The van der Waals surface area contributed by atoms with Gasteiger partial charge in [0.1, 0.15) is 30.1 Å². The Labute approximate surface area is 216 Å². The first-order valence-corrected chi connectivity index (χ1v) is 13.0. The number of nitrogens with zero attached hydrogens (tertiary/aromatic N) is 3. The van der Waals surface area contributed by atoms with E-state index in [1.165, 1.54) is 0 Å². The van der Waals surface area contributed by atoms with Crippen molar-refractivity contribution < 1.29 is 14.3 Å². The molecule has 0 aliphatic carbocycles. The summed E-state index contributed by atoms with van der Waals surface area (Å²) in [5.74, 6) is 1.81. The average molecular weight is 498 g/mol. The molecule has 2 aliphatic rings. The van der Waals surface area contributed by atoms with Crippen LogP contribution in [0.15, 0.2) is 60.9 Å². The molecule has 0 bridgehead atoms. The first-order chi connectivity index (χ1) is 18.3. The average Bonchev–Trinajstić information content (AvgIpc) is 3.69. The molecule has 0 spiro atoms. The Bertz CT molecular complexity index is 1360. The van der Waals surface area contributed by atoms with E-state index in [1.807, 2.05) is 35.2 Å². The quantitative estimate of drug-likeness (QED) is 0.342. The molecule has 8 heteroatoms. The van der Waals surface area contributed by atoms with Gasteiger partial charge < -0.3 is 24.7 Å². The number of amides is 1. The molecule has 4 heterocycles. The van der Waals surface area contributed by atoms with Crippen molar-refractivity contribution >= 4 is 22.8 Å². The number of hydrogen-bond acceptors (Lipinski definition) is 6. The third-order valence-electron chi connectivity index (χ3n) is 7.12. The molecule has 0 saturated carbocycles. The number of anilines is 1. The Morgan fingerprint density at radius 3 is 2.68 bits per heavy atom. The van der Waals surface area contributed by atoms with Gasteiger partial charge >= 0.3 is 0 Å². The van der Waals surface area contributed by atoms with Gasteiger partial charge in [0.25, 0.3) is 0 Å². The topological polar surface area (TPSA) is 92.4 Å². The van der Waals surface area contributed by atoms with Crippen LogP contribution in [0.1, 0.15) is 25.7 Å². The molecule has 0 radical (unpaired) electrons.